The van der Waals surface area contributed by atoms with Gasteiger partial charge in [0.05, 0.1) is 0 Å². The molecule has 13 heavy (non-hydrogen) atoms. The van der Waals surface area contributed by atoms with E-state index in [2.05, 4.69) is 21.9 Å². The normalized spacial score (nSPS) is 12.2. The van der Waals surface area contributed by atoms with Crippen LogP contribution < -0.4 is 5.73 Å². The molecule has 0 saturated heterocycles. The predicted octanol–water partition coefficient (Wildman–Crippen LogP) is 2.78. The Morgan fingerprint density at radius 3 is 2.85 bits per heavy atom. The second-order valence-corrected chi connectivity index (χ2v) is 3.89. The molecule has 0 bridgehead atoms. The van der Waals surface area contributed by atoms with Crippen LogP contribution in [0, 0.1) is 19.3 Å². The van der Waals surface area contributed by atoms with E-state index < -0.39 is 0 Å². The first kappa shape index (κ1) is 10.3. The van der Waals surface area contributed by atoms with E-state index in [4.69, 9.17) is 12.2 Å². The zero-order valence-electron chi connectivity index (χ0n) is 7.55. The summed E-state index contributed by atoms with van der Waals surface area (Å²) >= 11 is 3.47. The third-order valence-corrected chi connectivity index (χ3v) is 2.58. The van der Waals surface area contributed by atoms with Crippen molar-refractivity contribution in [3.8, 4) is 12.3 Å². The third-order valence-electron chi connectivity index (χ3n) is 1.89. The van der Waals surface area contributed by atoms with Crippen molar-refractivity contribution < 1.29 is 0 Å². The summed E-state index contributed by atoms with van der Waals surface area (Å²) in [5, 5.41) is 0. The number of benzene rings is 1. The van der Waals surface area contributed by atoms with Crippen LogP contribution in [0.4, 0.5) is 0 Å². The van der Waals surface area contributed by atoms with Gasteiger partial charge in [0, 0.05) is 16.9 Å². The number of hydrogen-bond acceptors (Lipinski definition) is 1. The molecule has 0 aliphatic heterocycles. The molecule has 0 fully saturated rings. The van der Waals surface area contributed by atoms with Crippen LogP contribution in [0.15, 0.2) is 22.7 Å². The summed E-state index contributed by atoms with van der Waals surface area (Å²) in [6.07, 6.45) is 5.77. The Balaban J connectivity index is 2.96. The van der Waals surface area contributed by atoms with Crippen molar-refractivity contribution >= 4 is 15.9 Å². The maximum absolute atomic E-state index is 5.88. The standard InChI is InChI=1S/C11H12BrN/c1-3-4-11(13)9-6-5-8(2)7-10(9)12/h1,5-7,11H,4,13H2,2H3. The van der Waals surface area contributed by atoms with Gasteiger partial charge in [-0.05, 0) is 24.1 Å². The quantitative estimate of drug-likeness (QED) is 0.787. The molecule has 2 heteroatoms. The van der Waals surface area contributed by atoms with Crippen LogP contribution in [0.25, 0.3) is 0 Å². The number of terminal acetylenes is 1. The number of aryl methyl sites for hydroxylation is 1. The maximum atomic E-state index is 5.88. The van der Waals surface area contributed by atoms with E-state index in [0.29, 0.717) is 6.42 Å². The topological polar surface area (TPSA) is 26.0 Å². The minimum Gasteiger partial charge on any atom is -0.323 e. The molecule has 68 valence electrons. The molecule has 0 spiro atoms. The van der Waals surface area contributed by atoms with Crippen LogP contribution in [0.1, 0.15) is 23.6 Å². The molecule has 0 amide bonds. The minimum atomic E-state index is -0.0695. The van der Waals surface area contributed by atoms with E-state index in [1.54, 1.807) is 0 Å². The Hall–Kier alpha value is -0.780. The fourth-order valence-electron chi connectivity index (χ4n) is 1.17. The molecule has 0 heterocycles. The zero-order valence-corrected chi connectivity index (χ0v) is 9.14. The van der Waals surface area contributed by atoms with Gasteiger partial charge in [0.25, 0.3) is 0 Å². The highest BCUT2D eigenvalue weighted by Gasteiger charge is 2.07. The second kappa shape index (κ2) is 4.45. The average molecular weight is 238 g/mol. The lowest BCUT2D eigenvalue weighted by Crippen LogP contribution is -2.09. The summed E-state index contributed by atoms with van der Waals surface area (Å²) in [6, 6.07) is 6.03. The van der Waals surface area contributed by atoms with Gasteiger partial charge in [-0.25, -0.2) is 0 Å². The molecule has 2 N–H and O–H groups in total. The average Bonchev–Trinajstić information content (AvgIpc) is 2.04. The summed E-state index contributed by atoms with van der Waals surface area (Å²) in [4.78, 5) is 0. The highest BCUT2D eigenvalue weighted by Crippen LogP contribution is 2.24. The lowest BCUT2D eigenvalue weighted by molar-refractivity contribution is 0.750. The van der Waals surface area contributed by atoms with Crippen LogP contribution >= 0.6 is 15.9 Å². The van der Waals surface area contributed by atoms with Crippen molar-refractivity contribution in [1.29, 1.82) is 0 Å². The van der Waals surface area contributed by atoms with E-state index in [0.717, 1.165) is 10.0 Å². The largest absolute Gasteiger partial charge is 0.323 e. The first-order valence-corrected chi connectivity index (χ1v) is 4.89. The lowest BCUT2D eigenvalue weighted by Gasteiger charge is -2.11. The van der Waals surface area contributed by atoms with Crippen molar-refractivity contribution in [3.05, 3.63) is 33.8 Å². The van der Waals surface area contributed by atoms with E-state index in [1.807, 2.05) is 25.1 Å². The van der Waals surface area contributed by atoms with Crippen molar-refractivity contribution in [2.45, 2.75) is 19.4 Å². The monoisotopic (exact) mass is 237 g/mol. The van der Waals surface area contributed by atoms with Gasteiger partial charge in [-0.2, -0.15) is 0 Å². The molecule has 0 radical (unpaired) electrons. The second-order valence-electron chi connectivity index (χ2n) is 3.04. The number of rotatable bonds is 2. The van der Waals surface area contributed by atoms with E-state index in [9.17, 15) is 0 Å². The summed E-state index contributed by atoms with van der Waals surface area (Å²) in [7, 11) is 0. The summed E-state index contributed by atoms with van der Waals surface area (Å²) in [6.45, 7) is 2.04. The summed E-state index contributed by atoms with van der Waals surface area (Å²) in [5.74, 6) is 2.56. The zero-order chi connectivity index (χ0) is 9.84. The van der Waals surface area contributed by atoms with Crippen LogP contribution in [0.5, 0.6) is 0 Å². The summed E-state index contributed by atoms with van der Waals surface area (Å²) in [5.41, 5.74) is 8.17. The Morgan fingerprint density at radius 1 is 1.62 bits per heavy atom. The van der Waals surface area contributed by atoms with Gasteiger partial charge in [-0.15, -0.1) is 12.3 Å². The van der Waals surface area contributed by atoms with E-state index in [1.165, 1.54) is 5.56 Å². The van der Waals surface area contributed by atoms with E-state index in [-0.39, 0.29) is 6.04 Å². The highest BCUT2D eigenvalue weighted by atomic mass is 79.9. The Kier molecular flexibility index (Phi) is 3.53. The smallest absolute Gasteiger partial charge is 0.0416 e. The van der Waals surface area contributed by atoms with Crippen LogP contribution in [-0.4, -0.2) is 0 Å². The molecule has 0 aromatic heterocycles. The van der Waals surface area contributed by atoms with Crippen molar-refractivity contribution in [2.75, 3.05) is 0 Å². The first-order valence-electron chi connectivity index (χ1n) is 4.10. The molecule has 1 nitrogen and oxygen atoms in total. The molecule has 0 aliphatic carbocycles. The van der Waals surface area contributed by atoms with Gasteiger partial charge in [0.15, 0.2) is 0 Å². The highest BCUT2D eigenvalue weighted by molar-refractivity contribution is 9.10. The molecule has 1 unspecified atom stereocenters. The van der Waals surface area contributed by atoms with Crippen LogP contribution in [-0.2, 0) is 0 Å². The van der Waals surface area contributed by atoms with Gasteiger partial charge >= 0.3 is 0 Å². The van der Waals surface area contributed by atoms with Gasteiger partial charge in [-0.3, -0.25) is 0 Å². The molecule has 1 atom stereocenters. The van der Waals surface area contributed by atoms with Crippen LogP contribution in [0.2, 0.25) is 0 Å². The van der Waals surface area contributed by atoms with E-state index >= 15 is 0 Å². The van der Waals surface area contributed by atoms with Crippen molar-refractivity contribution in [3.63, 3.8) is 0 Å². The van der Waals surface area contributed by atoms with Gasteiger partial charge < -0.3 is 5.73 Å². The molecule has 1 aromatic rings. The minimum absolute atomic E-state index is 0.0695. The molecule has 0 aliphatic rings. The molecule has 1 aromatic carbocycles. The predicted molar refractivity (Wildman–Crippen MR) is 59.3 cm³/mol. The van der Waals surface area contributed by atoms with Crippen molar-refractivity contribution in [2.24, 2.45) is 5.73 Å². The SMILES string of the molecule is C#CCC(N)c1ccc(C)cc1Br. The number of nitrogens with two attached hydrogens (primary N) is 1. The van der Waals surface area contributed by atoms with Crippen molar-refractivity contribution in [1.82, 2.24) is 0 Å². The number of halogens is 1. The molecule has 1 rings (SSSR count). The Morgan fingerprint density at radius 2 is 2.31 bits per heavy atom. The fourth-order valence-corrected chi connectivity index (χ4v) is 1.96. The first-order chi connectivity index (χ1) is 6.15. The van der Waals surface area contributed by atoms with Gasteiger partial charge in [0.1, 0.15) is 0 Å². The molecular weight excluding hydrogens is 226 g/mol. The molecule has 0 saturated carbocycles. The number of hydrogen-bond donors (Lipinski definition) is 1. The molecular formula is C11H12BrN. The van der Waals surface area contributed by atoms with Gasteiger partial charge in [0.2, 0.25) is 0 Å². The summed E-state index contributed by atoms with van der Waals surface area (Å²) < 4.78 is 1.04. The lowest BCUT2D eigenvalue weighted by atomic mass is 10.0. The third kappa shape index (κ3) is 2.58. The maximum Gasteiger partial charge on any atom is 0.0416 e. The van der Waals surface area contributed by atoms with Crippen LogP contribution in [0.3, 0.4) is 0 Å². The Bertz CT molecular complexity index is 338. The fraction of sp³-hybridized carbons (Fsp3) is 0.273. The van der Waals surface area contributed by atoms with Gasteiger partial charge in [-0.1, -0.05) is 28.1 Å². The Labute approximate surface area is 87.5 Å².